The Morgan fingerprint density at radius 1 is 1.11 bits per heavy atom. The van der Waals surface area contributed by atoms with Crippen LogP contribution in [0.5, 0.6) is 0 Å². The number of hydrogen-bond acceptors (Lipinski definition) is 8. The Morgan fingerprint density at radius 3 is 2.49 bits per heavy atom. The highest BCUT2D eigenvalue weighted by Gasteiger charge is 2.18. The number of thiazole rings is 1. The number of esters is 1. The maximum Gasteiger partial charge on any atom is 0.338 e. The average Bonchev–Trinajstić information content (AvgIpc) is 3.28. The molecule has 2 heterocycles. The molecule has 35 heavy (non-hydrogen) atoms. The van der Waals surface area contributed by atoms with E-state index in [4.69, 9.17) is 10.5 Å². The van der Waals surface area contributed by atoms with Gasteiger partial charge in [-0.15, -0.1) is 11.3 Å². The number of anilines is 1. The molecule has 0 aliphatic heterocycles. The topological polar surface area (TPSA) is 120 Å². The Labute approximate surface area is 210 Å². The van der Waals surface area contributed by atoms with Crippen molar-refractivity contribution in [1.29, 1.82) is 0 Å². The predicted octanol–water partition coefficient (Wildman–Crippen LogP) is 5.76. The van der Waals surface area contributed by atoms with Crippen molar-refractivity contribution in [3.63, 3.8) is 0 Å². The zero-order chi connectivity index (χ0) is 26.0. The van der Waals surface area contributed by atoms with Crippen LogP contribution in [-0.4, -0.2) is 33.2 Å². The van der Waals surface area contributed by atoms with Crippen LogP contribution in [0.15, 0.2) is 70.8 Å². The van der Waals surface area contributed by atoms with Crippen LogP contribution in [0.3, 0.4) is 0 Å². The first-order valence-electron chi connectivity index (χ1n) is 11.1. The number of pyridine rings is 1. The van der Waals surface area contributed by atoms with Crippen LogP contribution in [0.1, 0.15) is 51.9 Å². The quantitative estimate of drug-likeness (QED) is 0.333. The molecule has 0 aliphatic carbocycles. The minimum absolute atomic E-state index is 0.0749. The molecule has 3 N–H and O–H groups in total. The first-order chi connectivity index (χ1) is 16.6. The van der Waals surface area contributed by atoms with E-state index in [1.54, 1.807) is 58.2 Å². The average molecular weight is 494 g/mol. The van der Waals surface area contributed by atoms with Gasteiger partial charge in [0.05, 0.1) is 16.9 Å². The Kier molecular flexibility index (Phi) is 9.84. The minimum Gasteiger partial charge on any atom is -0.456 e. The summed E-state index contributed by atoms with van der Waals surface area (Å²) in [6.07, 6.45) is 3.14. The maximum atomic E-state index is 12.9. The second-order valence-corrected chi connectivity index (χ2v) is 9.00. The summed E-state index contributed by atoms with van der Waals surface area (Å²) in [6, 6.07) is 12.1. The molecule has 0 saturated carbocycles. The summed E-state index contributed by atoms with van der Waals surface area (Å²) in [6.45, 7) is 11.0. The summed E-state index contributed by atoms with van der Waals surface area (Å²) < 4.78 is 5.40. The van der Waals surface area contributed by atoms with E-state index in [1.165, 1.54) is 17.4 Å². The Balaban J connectivity index is 0.00000210. The molecule has 0 unspecified atom stereocenters. The molecule has 0 radical (unpaired) electrons. The normalized spacial score (nSPS) is 11.8. The fraction of sp³-hybridized carbons (Fsp3) is 0.269. The van der Waals surface area contributed by atoms with Gasteiger partial charge in [0.15, 0.2) is 5.13 Å². The molecule has 0 atom stereocenters. The van der Waals surface area contributed by atoms with Crippen molar-refractivity contribution in [3.8, 4) is 11.4 Å². The van der Waals surface area contributed by atoms with Gasteiger partial charge >= 0.3 is 5.97 Å². The number of nitrogens with one attached hydrogen (secondary N) is 1. The van der Waals surface area contributed by atoms with Crippen LogP contribution < -0.4 is 11.1 Å². The van der Waals surface area contributed by atoms with Crippen LogP contribution in [0.25, 0.3) is 11.4 Å². The van der Waals surface area contributed by atoms with E-state index < -0.39 is 17.5 Å². The molecular formula is C26H31N5O3S. The molecule has 3 rings (SSSR count). The van der Waals surface area contributed by atoms with Crippen molar-refractivity contribution >= 4 is 39.7 Å². The highest BCUT2D eigenvalue weighted by Crippen LogP contribution is 2.23. The largest absolute Gasteiger partial charge is 0.456 e. The Hall–Kier alpha value is -3.85. The number of benzene rings is 1. The maximum absolute atomic E-state index is 12.9. The highest BCUT2D eigenvalue weighted by molar-refractivity contribution is 7.14. The monoisotopic (exact) mass is 493 g/mol. The van der Waals surface area contributed by atoms with E-state index in [1.807, 2.05) is 37.4 Å². The number of ether oxygens (including phenoxy) is 1. The minimum atomic E-state index is -0.622. The summed E-state index contributed by atoms with van der Waals surface area (Å²) in [4.78, 5) is 38.4. The molecule has 1 aromatic carbocycles. The number of aliphatic imine (C=N–C) groups is 1. The number of carbonyl (C=O) groups is 2. The first kappa shape index (κ1) is 27.4. The molecule has 9 heteroatoms. The van der Waals surface area contributed by atoms with Crippen LogP contribution >= 0.6 is 11.3 Å². The molecule has 3 aromatic rings. The van der Waals surface area contributed by atoms with Gasteiger partial charge < -0.3 is 10.5 Å². The van der Waals surface area contributed by atoms with E-state index in [0.717, 1.165) is 0 Å². The number of carbonyl (C=O) groups excluding carboxylic acids is 2. The molecule has 0 fully saturated rings. The SMILES string of the molecule is C/C(N)=C/C(=Nc1cccc(C(=O)OC(C)(C)C)c1)C(=O)Nc1nc(-c2ccccn2)cs1.CC. The lowest BCUT2D eigenvalue weighted by Crippen LogP contribution is -2.23. The summed E-state index contributed by atoms with van der Waals surface area (Å²) in [5, 5.41) is 4.95. The van der Waals surface area contributed by atoms with Crippen molar-refractivity contribution in [3.05, 3.63) is 71.4 Å². The molecular weight excluding hydrogens is 462 g/mol. The summed E-state index contributed by atoms with van der Waals surface area (Å²) in [5.41, 5.74) is 7.78. The van der Waals surface area contributed by atoms with Crippen molar-refractivity contribution in [2.45, 2.75) is 47.1 Å². The van der Waals surface area contributed by atoms with Crippen LogP contribution in [0.4, 0.5) is 10.8 Å². The van der Waals surface area contributed by atoms with E-state index in [0.29, 0.717) is 33.5 Å². The van der Waals surface area contributed by atoms with Crippen LogP contribution in [0, 0.1) is 0 Å². The molecule has 8 nitrogen and oxygen atoms in total. The lowest BCUT2D eigenvalue weighted by Gasteiger charge is -2.19. The second kappa shape index (κ2) is 12.6. The fourth-order valence-corrected chi connectivity index (χ4v) is 3.37. The van der Waals surface area contributed by atoms with Gasteiger partial charge in [0, 0.05) is 17.3 Å². The molecule has 2 aromatic heterocycles. The molecule has 1 amide bonds. The van der Waals surface area contributed by atoms with Crippen molar-refractivity contribution < 1.29 is 14.3 Å². The zero-order valence-electron chi connectivity index (χ0n) is 20.8. The zero-order valence-corrected chi connectivity index (χ0v) is 21.6. The number of amides is 1. The van der Waals surface area contributed by atoms with Gasteiger partial charge in [-0.25, -0.2) is 14.8 Å². The van der Waals surface area contributed by atoms with Gasteiger partial charge in [-0.1, -0.05) is 26.0 Å². The number of nitrogens with zero attached hydrogens (tertiary/aromatic N) is 3. The second-order valence-electron chi connectivity index (χ2n) is 8.14. The molecule has 0 aliphatic rings. The van der Waals surface area contributed by atoms with Gasteiger partial charge in [0.1, 0.15) is 17.0 Å². The predicted molar refractivity (Wildman–Crippen MR) is 142 cm³/mol. The number of hydrogen-bond donors (Lipinski definition) is 2. The number of nitrogens with two attached hydrogens (primary N) is 1. The third kappa shape index (κ3) is 8.78. The highest BCUT2D eigenvalue weighted by atomic mass is 32.1. The summed E-state index contributed by atoms with van der Waals surface area (Å²) in [5.74, 6) is -0.953. The lowest BCUT2D eigenvalue weighted by atomic mass is 10.1. The van der Waals surface area contributed by atoms with Crippen LogP contribution in [-0.2, 0) is 9.53 Å². The number of allylic oxidation sites excluding steroid dienone is 1. The third-order valence-corrected chi connectivity index (χ3v) is 4.74. The summed E-state index contributed by atoms with van der Waals surface area (Å²) in [7, 11) is 0. The first-order valence-corrected chi connectivity index (χ1v) is 12.0. The smallest absolute Gasteiger partial charge is 0.338 e. The number of rotatable bonds is 6. The lowest BCUT2D eigenvalue weighted by molar-refractivity contribution is -0.110. The summed E-state index contributed by atoms with van der Waals surface area (Å²) >= 11 is 1.28. The van der Waals surface area contributed by atoms with Crippen LogP contribution in [0.2, 0.25) is 0 Å². The standard InChI is InChI=1S/C24H25N5O3S.C2H6/c1-15(25)12-19(27-17-9-7-8-16(13-17)22(31)32-24(2,3)4)21(30)29-23-28-20(14-33-23)18-10-5-6-11-26-18;1-2/h5-14H,25H2,1-4H3,(H,28,29,30);1-2H3/b15-12-,27-19?;. The van der Waals surface area contributed by atoms with Gasteiger partial charge in [0.2, 0.25) is 0 Å². The van der Waals surface area contributed by atoms with E-state index in [9.17, 15) is 9.59 Å². The van der Waals surface area contributed by atoms with Crippen molar-refractivity contribution in [2.75, 3.05) is 5.32 Å². The van der Waals surface area contributed by atoms with Gasteiger partial charge in [-0.05, 0) is 64.1 Å². The molecule has 0 bridgehead atoms. The van der Waals surface area contributed by atoms with E-state index in [2.05, 4.69) is 20.3 Å². The van der Waals surface area contributed by atoms with Gasteiger partial charge in [-0.3, -0.25) is 15.1 Å². The molecule has 0 saturated heterocycles. The molecule has 0 spiro atoms. The Bertz CT molecular complexity index is 1210. The number of aromatic nitrogens is 2. The molecule has 184 valence electrons. The van der Waals surface area contributed by atoms with E-state index >= 15 is 0 Å². The van der Waals surface area contributed by atoms with Gasteiger partial charge in [-0.2, -0.15) is 0 Å². The van der Waals surface area contributed by atoms with E-state index in [-0.39, 0.29) is 5.71 Å². The van der Waals surface area contributed by atoms with Crippen molar-refractivity contribution in [2.24, 2.45) is 10.7 Å². The van der Waals surface area contributed by atoms with Crippen molar-refractivity contribution in [1.82, 2.24) is 9.97 Å². The fourth-order valence-electron chi connectivity index (χ4n) is 2.67. The third-order valence-electron chi connectivity index (χ3n) is 3.98. The van der Waals surface area contributed by atoms with Gasteiger partial charge in [0.25, 0.3) is 5.91 Å². The Morgan fingerprint density at radius 2 is 1.86 bits per heavy atom.